The third-order valence-electron chi connectivity index (χ3n) is 4.94. The topological polar surface area (TPSA) is 38.0 Å². The van der Waals surface area contributed by atoms with Crippen LogP contribution >= 0.6 is 0 Å². The molecule has 3 rings (SSSR count). The molecule has 1 N–H and O–H groups in total. The third kappa shape index (κ3) is 1.81. The first-order valence-electron chi connectivity index (χ1n) is 6.89. The van der Waals surface area contributed by atoms with Crippen LogP contribution in [0.5, 0.6) is 0 Å². The van der Waals surface area contributed by atoms with Crippen molar-refractivity contribution < 1.29 is 5.11 Å². The van der Waals surface area contributed by atoms with E-state index in [4.69, 9.17) is 0 Å². The zero-order valence-electron chi connectivity index (χ0n) is 10.6. The van der Waals surface area contributed by atoms with Crippen molar-refractivity contribution in [3.05, 3.63) is 18.0 Å². The van der Waals surface area contributed by atoms with Crippen LogP contribution < -0.4 is 0 Å². The molecule has 0 saturated heterocycles. The second-order valence-corrected chi connectivity index (χ2v) is 5.93. The molecule has 1 heterocycles. The summed E-state index contributed by atoms with van der Waals surface area (Å²) in [4.78, 5) is 0. The number of aliphatic hydroxyl groups excluding tert-OH is 1. The zero-order valence-corrected chi connectivity index (χ0v) is 10.6. The van der Waals surface area contributed by atoms with Gasteiger partial charge in [0.2, 0.25) is 0 Å². The average Bonchev–Trinajstić information content (AvgIpc) is 2.93. The summed E-state index contributed by atoms with van der Waals surface area (Å²) in [7, 11) is 0. The first-order valence-corrected chi connectivity index (χ1v) is 6.89. The predicted octanol–water partition coefficient (Wildman–Crippen LogP) is 2.84. The molecule has 2 saturated carbocycles. The minimum Gasteiger partial charge on any atom is -0.393 e. The highest BCUT2D eigenvalue weighted by atomic mass is 16.3. The van der Waals surface area contributed by atoms with Crippen LogP contribution in [0, 0.1) is 12.3 Å². The molecule has 2 atom stereocenters. The van der Waals surface area contributed by atoms with Crippen LogP contribution in [0.3, 0.4) is 0 Å². The van der Waals surface area contributed by atoms with Crippen LogP contribution in [0.2, 0.25) is 0 Å². The summed E-state index contributed by atoms with van der Waals surface area (Å²) in [6.45, 7) is 2.12. The lowest BCUT2D eigenvalue weighted by atomic mass is 9.68. The first-order chi connectivity index (χ1) is 8.21. The molecule has 3 heteroatoms. The van der Waals surface area contributed by atoms with Gasteiger partial charge in [-0.1, -0.05) is 12.8 Å². The van der Waals surface area contributed by atoms with Gasteiger partial charge in [-0.15, -0.1) is 0 Å². The fraction of sp³-hybridized carbons (Fsp3) is 0.786. The molecular weight excluding hydrogens is 212 g/mol. The maximum absolute atomic E-state index is 9.97. The molecule has 1 aromatic rings. The van der Waals surface area contributed by atoms with Crippen molar-refractivity contribution >= 4 is 0 Å². The summed E-state index contributed by atoms with van der Waals surface area (Å²) in [5.41, 5.74) is 1.66. The van der Waals surface area contributed by atoms with Crippen LogP contribution in [-0.2, 0) is 0 Å². The van der Waals surface area contributed by atoms with Crippen molar-refractivity contribution in [2.75, 3.05) is 0 Å². The molecule has 0 aliphatic heterocycles. The maximum atomic E-state index is 9.97. The molecule has 2 aliphatic carbocycles. The summed E-state index contributed by atoms with van der Waals surface area (Å²) >= 11 is 0. The highest BCUT2D eigenvalue weighted by Gasteiger charge is 2.46. The lowest BCUT2D eigenvalue weighted by Crippen LogP contribution is -2.39. The minimum atomic E-state index is -0.130. The quantitative estimate of drug-likeness (QED) is 0.811. The molecule has 0 radical (unpaired) electrons. The van der Waals surface area contributed by atoms with E-state index in [9.17, 15) is 5.11 Å². The van der Waals surface area contributed by atoms with Gasteiger partial charge in [-0.05, 0) is 50.5 Å². The van der Waals surface area contributed by atoms with Gasteiger partial charge in [0.15, 0.2) is 0 Å². The van der Waals surface area contributed by atoms with E-state index in [0.717, 1.165) is 12.8 Å². The van der Waals surface area contributed by atoms with Gasteiger partial charge >= 0.3 is 0 Å². The van der Waals surface area contributed by atoms with E-state index < -0.39 is 0 Å². The fourth-order valence-corrected chi connectivity index (χ4v) is 3.97. The molecule has 1 aromatic heterocycles. The summed E-state index contributed by atoms with van der Waals surface area (Å²) in [5.74, 6) is 0. The maximum Gasteiger partial charge on any atom is 0.0603 e. The number of aliphatic hydroxyl groups is 1. The molecular formula is C14H22N2O. The van der Waals surface area contributed by atoms with E-state index in [1.165, 1.54) is 37.8 Å². The molecule has 2 unspecified atom stereocenters. The minimum absolute atomic E-state index is 0.130. The standard InChI is InChI=1S/C14H22N2O/c1-11-5-9-15-16(11)13-10-12(17)4-8-14(13)6-2-3-7-14/h5,9,12-13,17H,2-4,6-8,10H2,1H3. The lowest BCUT2D eigenvalue weighted by molar-refractivity contribution is 0.0116. The Bertz CT molecular complexity index is 393. The van der Waals surface area contributed by atoms with Gasteiger partial charge in [0.1, 0.15) is 0 Å². The largest absolute Gasteiger partial charge is 0.393 e. The second-order valence-electron chi connectivity index (χ2n) is 5.93. The molecule has 0 aromatic carbocycles. The van der Waals surface area contributed by atoms with Crippen LogP contribution in [-0.4, -0.2) is 21.0 Å². The van der Waals surface area contributed by atoms with E-state index in [0.29, 0.717) is 11.5 Å². The van der Waals surface area contributed by atoms with Gasteiger partial charge < -0.3 is 5.11 Å². The number of aromatic nitrogens is 2. The Hall–Kier alpha value is -0.830. The monoisotopic (exact) mass is 234 g/mol. The van der Waals surface area contributed by atoms with Gasteiger partial charge in [0.05, 0.1) is 12.1 Å². The first kappa shape index (κ1) is 11.3. The molecule has 0 amide bonds. The van der Waals surface area contributed by atoms with E-state index in [1.54, 1.807) is 0 Å². The van der Waals surface area contributed by atoms with E-state index >= 15 is 0 Å². The van der Waals surface area contributed by atoms with Gasteiger partial charge in [-0.25, -0.2) is 0 Å². The molecule has 0 bridgehead atoms. The van der Waals surface area contributed by atoms with Gasteiger partial charge in [0.25, 0.3) is 0 Å². The Labute approximate surface area is 103 Å². The van der Waals surface area contributed by atoms with Crippen molar-refractivity contribution in [2.24, 2.45) is 5.41 Å². The zero-order chi connectivity index (χ0) is 11.9. The lowest BCUT2D eigenvalue weighted by Gasteiger charge is -2.43. The Morgan fingerprint density at radius 3 is 2.76 bits per heavy atom. The third-order valence-corrected chi connectivity index (χ3v) is 4.94. The van der Waals surface area contributed by atoms with E-state index in [-0.39, 0.29) is 6.10 Å². The number of hydrogen-bond donors (Lipinski definition) is 1. The van der Waals surface area contributed by atoms with Crippen molar-refractivity contribution in [1.82, 2.24) is 9.78 Å². The highest BCUT2D eigenvalue weighted by Crippen LogP contribution is 2.54. The summed E-state index contributed by atoms with van der Waals surface area (Å²) in [6.07, 6.45) is 10.2. The number of nitrogens with zero attached hydrogens (tertiary/aromatic N) is 2. The molecule has 94 valence electrons. The van der Waals surface area contributed by atoms with Crippen molar-refractivity contribution in [3.63, 3.8) is 0 Å². The van der Waals surface area contributed by atoms with Crippen LogP contribution in [0.4, 0.5) is 0 Å². The Kier molecular flexibility index (Phi) is 2.74. The SMILES string of the molecule is Cc1ccnn1C1CC(O)CCC12CCCC2. The number of hydrogen-bond acceptors (Lipinski definition) is 2. The highest BCUT2D eigenvalue weighted by molar-refractivity contribution is 5.05. The van der Waals surface area contributed by atoms with Crippen LogP contribution in [0.1, 0.15) is 56.7 Å². The van der Waals surface area contributed by atoms with Crippen molar-refractivity contribution in [1.29, 1.82) is 0 Å². The van der Waals surface area contributed by atoms with Gasteiger partial charge in [-0.2, -0.15) is 5.10 Å². The van der Waals surface area contributed by atoms with Crippen LogP contribution in [0.25, 0.3) is 0 Å². The van der Waals surface area contributed by atoms with Gasteiger partial charge in [-0.3, -0.25) is 4.68 Å². The van der Waals surface area contributed by atoms with Crippen molar-refractivity contribution in [3.8, 4) is 0 Å². The van der Waals surface area contributed by atoms with Crippen LogP contribution in [0.15, 0.2) is 12.3 Å². The second kappa shape index (κ2) is 4.13. The summed E-state index contributed by atoms with van der Waals surface area (Å²) in [6, 6.07) is 2.49. The Morgan fingerprint density at radius 1 is 1.35 bits per heavy atom. The molecule has 2 aliphatic rings. The van der Waals surface area contributed by atoms with E-state index in [2.05, 4.69) is 22.8 Å². The Balaban J connectivity index is 1.95. The normalized spacial score (nSPS) is 32.1. The average molecular weight is 234 g/mol. The number of aryl methyl sites for hydroxylation is 1. The van der Waals surface area contributed by atoms with Crippen molar-refractivity contribution in [2.45, 2.75) is 64.0 Å². The molecule has 1 spiro atoms. The fourth-order valence-electron chi connectivity index (χ4n) is 3.97. The predicted molar refractivity (Wildman–Crippen MR) is 66.8 cm³/mol. The summed E-state index contributed by atoms with van der Waals surface area (Å²) < 4.78 is 2.17. The molecule has 3 nitrogen and oxygen atoms in total. The molecule has 2 fully saturated rings. The van der Waals surface area contributed by atoms with Gasteiger partial charge in [0, 0.05) is 11.9 Å². The molecule has 17 heavy (non-hydrogen) atoms. The summed E-state index contributed by atoms with van der Waals surface area (Å²) in [5, 5.41) is 14.5. The Morgan fingerprint density at radius 2 is 2.12 bits per heavy atom. The number of rotatable bonds is 1. The smallest absolute Gasteiger partial charge is 0.0603 e. The van der Waals surface area contributed by atoms with E-state index in [1.807, 2.05) is 6.20 Å².